The summed E-state index contributed by atoms with van der Waals surface area (Å²) >= 11 is 12.0. The normalized spacial score (nSPS) is 16.3. The monoisotopic (exact) mass is 436 g/mol. The van der Waals surface area contributed by atoms with Crippen LogP contribution in [0.5, 0.6) is 11.5 Å². The van der Waals surface area contributed by atoms with Gasteiger partial charge in [-0.3, -0.25) is 9.59 Å². The van der Waals surface area contributed by atoms with Crippen LogP contribution in [-0.2, 0) is 4.79 Å². The second-order valence-corrected chi connectivity index (χ2v) is 7.59. The van der Waals surface area contributed by atoms with Gasteiger partial charge in [-0.25, -0.2) is 0 Å². The summed E-state index contributed by atoms with van der Waals surface area (Å²) in [7, 11) is 3.09. The molecule has 154 valence electrons. The average Bonchev–Trinajstić information content (AvgIpc) is 2.75. The van der Waals surface area contributed by atoms with Crippen molar-refractivity contribution in [1.29, 1.82) is 0 Å². The summed E-state index contributed by atoms with van der Waals surface area (Å²) in [5.41, 5.74) is 1.07. The molecule has 0 radical (unpaired) electrons. The topological polar surface area (TPSA) is 67.9 Å². The predicted molar refractivity (Wildman–Crippen MR) is 113 cm³/mol. The second kappa shape index (κ2) is 9.37. The molecule has 1 fully saturated rings. The molecule has 1 atom stereocenters. The van der Waals surface area contributed by atoms with Gasteiger partial charge in [0.25, 0.3) is 5.91 Å². The molecule has 8 heteroatoms. The van der Waals surface area contributed by atoms with E-state index in [1.54, 1.807) is 48.4 Å². The van der Waals surface area contributed by atoms with Crippen LogP contribution in [0, 0.1) is 5.92 Å². The van der Waals surface area contributed by atoms with Crippen molar-refractivity contribution in [2.45, 2.75) is 12.8 Å². The summed E-state index contributed by atoms with van der Waals surface area (Å²) in [6, 6.07) is 9.99. The van der Waals surface area contributed by atoms with E-state index in [0.29, 0.717) is 52.3 Å². The summed E-state index contributed by atoms with van der Waals surface area (Å²) in [5, 5.41) is 3.63. The van der Waals surface area contributed by atoms with E-state index in [2.05, 4.69) is 5.32 Å². The molecule has 29 heavy (non-hydrogen) atoms. The molecular formula is C21H22Cl2N2O4. The summed E-state index contributed by atoms with van der Waals surface area (Å²) in [6.45, 7) is 0.942. The Hall–Kier alpha value is -2.44. The molecule has 0 bridgehead atoms. The molecule has 0 aliphatic carbocycles. The highest BCUT2D eigenvalue weighted by Crippen LogP contribution is 2.30. The van der Waals surface area contributed by atoms with Gasteiger partial charge in [0.05, 0.1) is 30.2 Å². The molecule has 2 amide bonds. The number of anilines is 1. The molecule has 3 rings (SSSR count). The molecule has 0 saturated carbocycles. The van der Waals surface area contributed by atoms with Crippen molar-refractivity contribution in [2.24, 2.45) is 5.92 Å². The van der Waals surface area contributed by atoms with E-state index in [0.717, 1.165) is 6.42 Å². The lowest BCUT2D eigenvalue weighted by molar-refractivity contribution is -0.121. The van der Waals surface area contributed by atoms with Gasteiger partial charge in [-0.15, -0.1) is 0 Å². The highest BCUT2D eigenvalue weighted by Gasteiger charge is 2.29. The number of halogens is 2. The zero-order valence-corrected chi connectivity index (χ0v) is 17.7. The third-order valence-corrected chi connectivity index (χ3v) is 5.64. The number of rotatable bonds is 5. The van der Waals surface area contributed by atoms with E-state index < -0.39 is 0 Å². The lowest BCUT2D eigenvalue weighted by Gasteiger charge is -2.32. The summed E-state index contributed by atoms with van der Waals surface area (Å²) in [5.74, 6) is 0.520. The average molecular weight is 437 g/mol. The van der Waals surface area contributed by atoms with Gasteiger partial charge in [0, 0.05) is 30.4 Å². The number of nitrogens with one attached hydrogen (secondary N) is 1. The maximum Gasteiger partial charge on any atom is 0.253 e. The first-order chi connectivity index (χ1) is 13.9. The van der Waals surface area contributed by atoms with Gasteiger partial charge < -0.3 is 19.7 Å². The Morgan fingerprint density at radius 3 is 2.48 bits per heavy atom. The lowest BCUT2D eigenvalue weighted by atomic mass is 9.96. The molecule has 1 aliphatic heterocycles. The van der Waals surface area contributed by atoms with Crippen molar-refractivity contribution in [3.8, 4) is 11.5 Å². The molecule has 1 N–H and O–H groups in total. The first kappa shape index (κ1) is 21.3. The molecule has 1 aliphatic rings. The van der Waals surface area contributed by atoms with Crippen LogP contribution in [0.4, 0.5) is 5.69 Å². The standard InChI is InChI=1S/C21H22Cl2N2O4/c1-28-18-8-6-15(11-19(18)29-2)24-20(26)14-4-3-9-25(12-14)21(27)13-5-7-16(22)17(23)10-13/h5-8,10-11,14H,3-4,9,12H2,1-2H3,(H,24,26). The van der Waals surface area contributed by atoms with Crippen LogP contribution in [0.1, 0.15) is 23.2 Å². The molecule has 1 saturated heterocycles. The van der Waals surface area contributed by atoms with Crippen molar-refractivity contribution < 1.29 is 19.1 Å². The van der Waals surface area contributed by atoms with Crippen LogP contribution in [0.3, 0.4) is 0 Å². The predicted octanol–water partition coefficient (Wildman–Crippen LogP) is 4.50. The zero-order valence-electron chi connectivity index (χ0n) is 16.2. The van der Waals surface area contributed by atoms with Gasteiger partial charge >= 0.3 is 0 Å². The van der Waals surface area contributed by atoms with Crippen molar-refractivity contribution in [2.75, 3.05) is 32.6 Å². The quantitative estimate of drug-likeness (QED) is 0.748. The van der Waals surface area contributed by atoms with Crippen molar-refractivity contribution >= 4 is 40.7 Å². The fourth-order valence-corrected chi connectivity index (χ4v) is 3.64. The number of carbonyl (C=O) groups excluding carboxylic acids is 2. The van der Waals surface area contributed by atoms with Crippen LogP contribution in [0.2, 0.25) is 10.0 Å². The first-order valence-electron chi connectivity index (χ1n) is 9.20. The Balaban J connectivity index is 1.67. The Morgan fingerprint density at radius 2 is 1.79 bits per heavy atom. The minimum absolute atomic E-state index is 0.135. The van der Waals surface area contributed by atoms with Gasteiger partial charge in [0.2, 0.25) is 5.91 Å². The Labute approximate surface area is 179 Å². The summed E-state index contributed by atoms with van der Waals surface area (Å²) in [6.07, 6.45) is 1.46. The fraction of sp³-hybridized carbons (Fsp3) is 0.333. The molecule has 1 unspecified atom stereocenters. The largest absolute Gasteiger partial charge is 0.493 e. The van der Waals surface area contributed by atoms with Crippen LogP contribution in [-0.4, -0.2) is 44.0 Å². The van der Waals surface area contributed by atoms with E-state index in [4.69, 9.17) is 32.7 Å². The van der Waals surface area contributed by atoms with Gasteiger partial charge in [-0.05, 0) is 43.2 Å². The fourth-order valence-electron chi connectivity index (χ4n) is 3.35. The van der Waals surface area contributed by atoms with Gasteiger partial charge in [0.15, 0.2) is 11.5 Å². The number of benzene rings is 2. The SMILES string of the molecule is COc1ccc(NC(=O)C2CCCN(C(=O)c3ccc(Cl)c(Cl)c3)C2)cc1OC. The van der Waals surface area contributed by atoms with Crippen molar-refractivity contribution in [3.05, 3.63) is 52.0 Å². The highest BCUT2D eigenvalue weighted by molar-refractivity contribution is 6.42. The van der Waals surface area contributed by atoms with E-state index in [1.165, 1.54) is 7.11 Å². The van der Waals surface area contributed by atoms with E-state index in [1.807, 2.05) is 0 Å². The van der Waals surface area contributed by atoms with Crippen LogP contribution in [0.25, 0.3) is 0 Å². The lowest BCUT2D eigenvalue weighted by Crippen LogP contribution is -2.43. The smallest absolute Gasteiger partial charge is 0.253 e. The van der Waals surface area contributed by atoms with Crippen LogP contribution in [0.15, 0.2) is 36.4 Å². The van der Waals surface area contributed by atoms with Crippen LogP contribution >= 0.6 is 23.2 Å². The molecule has 1 heterocycles. The maximum absolute atomic E-state index is 12.8. The molecule has 6 nitrogen and oxygen atoms in total. The third kappa shape index (κ3) is 4.95. The van der Waals surface area contributed by atoms with Gasteiger partial charge in [-0.1, -0.05) is 23.2 Å². The molecular weight excluding hydrogens is 415 g/mol. The zero-order chi connectivity index (χ0) is 21.0. The minimum Gasteiger partial charge on any atom is -0.493 e. The molecule has 2 aromatic rings. The van der Waals surface area contributed by atoms with Crippen LogP contribution < -0.4 is 14.8 Å². The number of piperidine rings is 1. The van der Waals surface area contributed by atoms with Crippen molar-refractivity contribution in [3.63, 3.8) is 0 Å². The van der Waals surface area contributed by atoms with E-state index in [9.17, 15) is 9.59 Å². The number of hydrogen-bond acceptors (Lipinski definition) is 4. The number of carbonyl (C=O) groups is 2. The number of hydrogen-bond donors (Lipinski definition) is 1. The highest BCUT2D eigenvalue weighted by atomic mass is 35.5. The second-order valence-electron chi connectivity index (χ2n) is 6.78. The number of nitrogens with zero attached hydrogens (tertiary/aromatic N) is 1. The third-order valence-electron chi connectivity index (χ3n) is 4.90. The molecule has 0 spiro atoms. The number of amides is 2. The molecule has 2 aromatic carbocycles. The Morgan fingerprint density at radius 1 is 1.03 bits per heavy atom. The van der Waals surface area contributed by atoms with Gasteiger partial charge in [-0.2, -0.15) is 0 Å². The summed E-state index contributed by atoms with van der Waals surface area (Å²) in [4.78, 5) is 27.3. The summed E-state index contributed by atoms with van der Waals surface area (Å²) < 4.78 is 10.5. The Kier molecular flexibility index (Phi) is 6.87. The number of ether oxygens (including phenoxy) is 2. The minimum atomic E-state index is -0.302. The van der Waals surface area contributed by atoms with E-state index >= 15 is 0 Å². The number of likely N-dealkylation sites (tertiary alicyclic amines) is 1. The van der Waals surface area contributed by atoms with E-state index in [-0.39, 0.29) is 17.7 Å². The Bertz CT molecular complexity index is 920. The first-order valence-corrected chi connectivity index (χ1v) is 9.95. The molecule has 0 aromatic heterocycles. The van der Waals surface area contributed by atoms with Gasteiger partial charge in [0.1, 0.15) is 0 Å². The maximum atomic E-state index is 12.8. The van der Waals surface area contributed by atoms with Crippen molar-refractivity contribution in [1.82, 2.24) is 4.90 Å². The number of methoxy groups -OCH3 is 2.